The normalized spacial score (nSPS) is 14.4. The van der Waals surface area contributed by atoms with Gasteiger partial charge in [-0.3, -0.25) is 4.99 Å². The first-order valence-corrected chi connectivity index (χ1v) is 9.18. The van der Waals surface area contributed by atoms with Crippen LogP contribution in [0.25, 0.3) is 11.3 Å². The van der Waals surface area contributed by atoms with Crippen LogP contribution in [0.2, 0.25) is 0 Å². The number of carbonyl (C=O) groups excluding carboxylic acids is 1. The van der Waals surface area contributed by atoms with Crippen molar-refractivity contribution < 1.29 is 9.53 Å². The molecule has 1 amide bonds. The van der Waals surface area contributed by atoms with Gasteiger partial charge in [0.25, 0.3) is 0 Å². The maximum absolute atomic E-state index is 11.8. The van der Waals surface area contributed by atoms with E-state index in [2.05, 4.69) is 25.2 Å². The molecule has 28 heavy (non-hydrogen) atoms. The van der Waals surface area contributed by atoms with Crippen LogP contribution in [0, 0.1) is 0 Å². The molecule has 0 radical (unpaired) electrons. The van der Waals surface area contributed by atoms with E-state index in [0.717, 1.165) is 23.0 Å². The number of hydrogen-bond acceptors (Lipinski definition) is 4. The molecule has 0 bridgehead atoms. The van der Waals surface area contributed by atoms with Crippen LogP contribution in [-0.2, 0) is 11.3 Å². The van der Waals surface area contributed by atoms with Gasteiger partial charge in [0.05, 0.1) is 25.0 Å². The van der Waals surface area contributed by atoms with Crippen LogP contribution in [0.3, 0.4) is 0 Å². The SMILES string of the molecule is CCOC(=O)N1CCN(C(=NC)NCc2ncc(-c3ccccc3)[nH]2)CC1.I. The Bertz CT molecular complexity index is 772. The van der Waals surface area contributed by atoms with Gasteiger partial charge in [-0.15, -0.1) is 24.0 Å². The minimum Gasteiger partial charge on any atom is -0.450 e. The predicted octanol–water partition coefficient (Wildman–Crippen LogP) is 2.54. The van der Waals surface area contributed by atoms with Gasteiger partial charge in [-0.25, -0.2) is 9.78 Å². The first-order valence-electron chi connectivity index (χ1n) is 9.18. The maximum Gasteiger partial charge on any atom is 0.409 e. The van der Waals surface area contributed by atoms with E-state index in [1.165, 1.54) is 0 Å². The van der Waals surface area contributed by atoms with E-state index in [1.807, 2.05) is 43.5 Å². The van der Waals surface area contributed by atoms with Crippen LogP contribution in [0.15, 0.2) is 41.5 Å². The lowest BCUT2D eigenvalue weighted by molar-refractivity contribution is 0.0914. The molecular weight excluding hydrogens is 471 g/mol. The molecule has 1 fully saturated rings. The van der Waals surface area contributed by atoms with Gasteiger partial charge in [0.1, 0.15) is 5.82 Å². The summed E-state index contributed by atoms with van der Waals surface area (Å²) in [5.74, 6) is 1.65. The molecule has 2 N–H and O–H groups in total. The first kappa shape index (κ1) is 22.0. The molecule has 1 aliphatic rings. The fourth-order valence-corrected chi connectivity index (χ4v) is 3.03. The van der Waals surface area contributed by atoms with Crippen LogP contribution >= 0.6 is 24.0 Å². The van der Waals surface area contributed by atoms with Crippen molar-refractivity contribution in [3.05, 3.63) is 42.4 Å². The van der Waals surface area contributed by atoms with Crippen molar-refractivity contribution in [1.82, 2.24) is 25.1 Å². The Morgan fingerprint density at radius 1 is 1.21 bits per heavy atom. The van der Waals surface area contributed by atoms with E-state index < -0.39 is 0 Å². The van der Waals surface area contributed by atoms with Crippen LogP contribution in [0.4, 0.5) is 4.79 Å². The Labute approximate surface area is 182 Å². The topological polar surface area (TPSA) is 85.8 Å². The number of guanidine groups is 1. The van der Waals surface area contributed by atoms with E-state index >= 15 is 0 Å². The number of nitrogens with zero attached hydrogens (tertiary/aromatic N) is 4. The third-order valence-electron chi connectivity index (χ3n) is 4.44. The highest BCUT2D eigenvalue weighted by Gasteiger charge is 2.23. The summed E-state index contributed by atoms with van der Waals surface area (Å²) in [4.78, 5) is 27.8. The smallest absolute Gasteiger partial charge is 0.409 e. The lowest BCUT2D eigenvalue weighted by Gasteiger charge is -2.35. The fourth-order valence-electron chi connectivity index (χ4n) is 3.03. The van der Waals surface area contributed by atoms with Crippen molar-refractivity contribution in [1.29, 1.82) is 0 Å². The lowest BCUT2D eigenvalue weighted by atomic mass is 10.2. The average Bonchev–Trinajstić information content (AvgIpc) is 3.19. The van der Waals surface area contributed by atoms with Crippen molar-refractivity contribution in [3.63, 3.8) is 0 Å². The number of H-pyrrole nitrogens is 1. The quantitative estimate of drug-likeness (QED) is 0.385. The zero-order valence-electron chi connectivity index (χ0n) is 16.2. The monoisotopic (exact) mass is 498 g/mol. The second-order valence-electron chi connectivity index (χ2n) is 6.18. The second kappa shape index (κ2) is 10.9. The number of carbonyl (C=O) groups is 1. The van der Waals surface area contributed by atoms with E-state index in [-0.39, 0.29) is 30.1 Å². The molecular formula is C19H27IN6O2. The summed E-state index contributed by atoms with van der Waals surface area (Å²) in [5.41, 5.74) is 2.10. The number of nitrogens with one attached hydrogen (secondary N) is 2. The van der Waals surface area contributed by atoms with Crippen molar-refractivity contribution in [2.45, 2.75) is 13.5 Å². The Hall–Kier alpha value is -2.30. The Balaban J connectivity index is 0.00000280. The number of halogens is 1. The van der Waals surface area contributed by atoms with Gasteiger partial charge in [0, 0.05) is 33.2 Å². The van der Waals surface area contributed by atoms with Crippen molar-refractivity contribution in [3.8, 4) is 11.3 Å². The highest BCUT2D eigenvalue weighted by molar-refractivity contribution is 14.0. The van der Waals surface area contributed by atoms with Gasteiger partial charge >= 0.3 is 6.09 Å². The molecule has 2 heterocycles. The first-order chi connectivity index (χ1) is 13.2. The molecule has 0 unspecified atom stereocenters. The van der Waals surface area contributed by atoms with Gasteiger partial charge in [0.15, 0.2) is 5.96 Å². The fraction of sp³-hybridized carbons (Fsp3) is 0.421. The number of amides is 1. The summed E-state index contributed by atoms with van der Waals surface area (Å²) in [6.07, 6.45) is 1.59. The highest BCUT2D eigenvalue weighted by atomic mass is 127. The third kappa shape index (κ3) is 5.60. The highest BCUT2D eigenvalue weighted by Crippen LogP contribution is 2.16. The van der Waals surface area contributed by atoms with Crippen molar-refractivity contribution in [2.75, 3.05) is 39.8 Å². The zero-order valence-corrected chi connectivity index (χ0v) is 18.6. The minimum atomic E-state index is -0.246. The number of aliphatic imine (C=N–C) groups is 1. The molecule has 0 aliphatic carbocycles. The van der Waals surface area contributed by atoms with Gasteiger partial charge < -0.3 is 24.8 Å². The maximum atomic E-state index is 11.8. The summed E-state index contributed by atoms with van der Waals surface area (Å²) in [6.45, 7) is 5.44. The molecule has 9 heteroatoms. The average molecular weight is 498 g/mol. The summed E-state index contributed by atoms with van der Waals surface area (Å²) in [5, 5.41) is 3.34. The van der Waals surface area contributed by atoms with E-state index in [4.69, 9.17) is 4.74 Å². The summed E-state index contributed by atoms with van der Waals surface area (Å²) in [6, 6.07) is 10.1. The van der Waals surface area contributed by atoms with Gasteiger partial charge in [-0.05, 0) is 12.5 Å². The molecule has 0 spiro atoms. The molecule has 1 aromatic carbocycles. The molecule has 1 saturated heterocycles. The van der Waals surface area contributed by atoms with E-state index in [1.54, 1.807) is 11.9 Å². The summed E-state index contributed by atoms with van der Waals surface area (Å²) in [7, 11) is 1.76. The van der Waals surface area contributed by atoms with Crippen LogP contribution in [0.5, 0.6) is 0 Å². The molecule has 3 rings (SSSR count). The molecule has 1 aromatic heterocycles. The number of aromatic nitrogens is 2. The van der Waals surface area contributed by atoms with Crippen LogP contribution in [0.1, 0.15) is 12.7 Å². The number of hydrogen-bond donors (Lipinski definition) is 2. The van der Waals surface area contributed by atoms with Crippen molar-refractivity contribution in [2.24, 2.45) is 4.99 Å². The second-order valence-corrected chi connectivity index (χ2v) is 6.18. The number of imidazole rings is 1. The predicted molar refractivity (Wildman–Crippen MR) is 120 cm³/mol. The number of piperazine rings is 1. The van der Waals surface area contributed by atoms with Gasteiger partial charge in [0.2, 0.25) is 0 Å². The Morgan fingerprint density at radius 2 is 1.89 bits per heavy atom. The van der Waals surface area contributed by atoms with Gasteiger partial charge in [-0.1, -0.05) is 30.3 Å². The molecule has 152 valence electrons. The number of ether oxygens (including phenoxy) is 1. The van der Waals surface area contributed by atoms with Crippen LogP contribution in [-0.4, -0.2) is 71.7 Å². The molecule has 0 saturated carbocycles. The lowest BCUT2D eigenvalue weighted by Crippen LogP contribution is -2.53. The summed E-state index contributed by atoms with van der Waals surface area (Å²) >= 11 is 0. The summed E-state index contributed by atoms with van der Waals surface area (Å²) < 4.78 is 5.06. The van der Waals surface area contributed by atoms with Crippen LogP contribution < -0.4 is 5.32 Å². The largest absolute Gasteiger partial charge is 0.450 e. The molecule has 8 nitrogen and oxygen atoms in total. The van der Waals surface area contributed by atoms with E-state index in [0.29, 0.717) is 39.3 Å². The minimum absolute atomic E-state index is 0. The number of benzene rings is 1. The van der Waals surface area contributed by atoms with Gasteiger partial charge in [-0.2, -0.15) is 0 Å². The zero-order chi connectivity index (χ0) is 19.1. The standard InChI is InChI=1S/C19H26N6O2.HI/c1-3-27-19(26)25-11-9-24(10-12-25)18(20-2)22-14-17-21-13-16(23-17)15-7-5-4-6-8-15;/h4-8,13H,3,9-12,14H2,1-2H3,(H,20,22)(H,21,23);1H. The molecule has 1 aliphatic heterocycles. The van der Waals surface area contributed by atoms with Crippen molar-refractivity contribution >= 4 is 36.0 Å². The van der Waals surface area contributed by atoms with E-state index in [9.17, 15) is 4.79 Å². The number of aromatic amines is 1. The molecule has 0 atom stereocenters. The Morgan fingerprint density at radius 3 is 2.54 bits per heavy atom. The Kier molecular flexibility index (Phi) is 8.55. The third-order valence-corrected chi connectivity index (χ3v) is 4.44. The molecule has 2 aromatic rings. The number of rotatable bonds is 4.